The average molecular weight is 911 g/mol. The van der Waals surface area contributed by atoms with Crippen LogP contribution in [0.1, 0.15) is 67.3 Å². The fraction of sp³-hybridized carbons (Fsp3) is 0.150. The molecule has 1 aliphatic heterocycles. The molecule has 2 heterocycles. The average Bonchev–Trinajstić information content (AvgIpc) is 3.54. The van der Waals surface area contributed by atoms with E-state index < -0.39 is 23.9 Å². The Kier molecular flexibility index (Phi) is 29.4. The molecule has 0 N–H and O–H groups in total. The van der Waals surface area contributed by atoms with E-state index in [9.17, 15) is 28.8 Å². The van der Waals surface area contributed by atoms with Crippen molar-refractivity contribution in [2.45, 2.75) is 41.0 Å². The van der Waals surface area contributed by atoms with E-state index in [1.807, 2.05) is 30.3 Å². The topological polar surface area (TPSA) is 183 Å². The predicted octanol–water partition coefficient (Wildman–Crippen LogP) is 7.03. The monoisotopic (exact) mass is 910 g/mol. The van der Waals surface area contributed by atoms with E-state index in [1.54, 1.807) is 91.3 Å². The van der Waals surface area contributed by atoms with Gasteiger partial charge in [0.25, 0.3) is 0 Å². The summed E-state index contributed by atoms with van der Waals surface area (Å²) in [5, 5.41) is 1.36. The van der Waals surface area contributed by atoms with E-state index >= 15 is 0 Å². The van der Waals surface area contributed by atoms with Crippen LogP contribution in [0.2, 0.25) is 0 Å². The summed E-state index contributed by atoms with van der Waals surface area (Å²) < 4.78 is 1.72. The Balaban J connectivity index is 0. The van der Waals surface area contributed by atoms with Crippen LogP contribution >= 0.6 is 24.4 Å². The van der Waals surface area contributed by atoms with Crippen molar-refractivity contribution in [2.75, 3.05) is 0 Å². The molecular formula is C40H41N2O13S2Y-. The van der Waals surface area contributed by atoms with Gasteiger partial charge in [0.1, 0.15) is 15.9 Å². The smallest absolute Gasteiger partial charge is 0.358 e. The molecule has 0 saturated heterocycles. The van der Waals surface area contributed by atoms with Gasteiger partial charge in [0.15, 0.2) is 0 Å². The molecule has 0 fully saturated rings. The largest absolute Gasteiger partial charge is 0.386 e. The maximum absolute atomic E-state index is 11.0. The minimum atomic E-state index is -0.684. The van der Waals surface area contributed by atoms with Crippen LogP contribution in [0.3, 0.4) is 0 Å². The molecule has 1 aromatic heterocycles. The molecule has 1 aliphatic rings. The first-order valence-corrected chi connectivity index (χ1v) is 16.9. The molecule has 15 nitrogen and oxygen atoms in total. The van der Waals surface area contributed by atoms with Gasteiger partial charge in [-0.25, -0.2) is 48.3 Å². The van der Waals surface area contributed by atoms with Crippen LogP contribution in [0.15, 0.2) is 122 Å². The SMILES string of the molecule is CC(=O)ON1C=C(c2ccccc2)CC1=S.CC(=O)OOC(=O)c1ccccc1.CC(=O)OOC(=O)c1ccccc1.CC(=O)On1ccccc1=S.CC=O.[CH3-].[Y]. The number of aromatic nitrogens is 1. The molecule has 0 spiro atoms. The van der Waals surface area contributed by atoms with Crippen molar-refractivity contribution in [1.29, 1.82) is 0 Å². The number of carbonyl (C=O) groups excluding carboxylic acids is 7. The Morgan fingerprint density at radius 1 is 0.586 bits per heavy atom. The summed E-state index contributed by atoms with van der Waals surface area (Å²) in [6, 6.07) is 31.6. The van der Waals surface area contributed by atoms with Crippen molar-refractivity contribution in [3.63, 3.8) is 0 Å². The van der Waals surface area contributed by atoms with Gasteiger partial charge in [0.2, 0.25) is 0 Å². The molecule has 0 saturated carbocycles. The van der Waals surface area contributed by atoms with Crippen molar-refractivity contribution in [2.24, 2.45) is 0 Å². The Hall–Kier alpha value is -5.75. The minimum Gasteiger partial charge on any atom is -0.358 e. The summed E-state index contributed by atoms with van der Waals surface area (Å²) in [5.41, 5.74) is 2.83. The van der Waals surface area contributed by atoms with Crippen molar-refractivity contribution >= 4 is 77.1 Å². The zero-order valence-electron chi connectivity index (χ0n) is 32.4. The Morgan fingerprint density at radius 3 is 1.36 bits per heavy atom. The maximum Gasteiger partial charge on any atom is 0.386 e. The molecule has 305 valence electrons. The fourth-order valence-corrected chi connectivity index (χ4v) is 4.03. The number of thiocarbonyl (C=S) groups is 1. The van der Waals surface area contributed by atoms with Crippen LogP contribution < -0.4 is 4.84 Å². The van der Waals surface area contributed by atoms with Crippen LogP contribution in [0.5, 0.6) is 0 Å². The number of nitrogens with zero attached hydrogens (tertiary/aromatic N) is 2. The van der Waals surface area contributed by atoms with Crippen molar-refractivity contribution in [3.8, 4) is 0 Å². The molecule has 58 heavy (non-hydrogen) atoms. The molecule has 3 aromatic carbocycles. The number of hydroxylamine groups is 2. The van der Waals surface area contributed by atoms with E-state index in [1.165, 1.54) is 30.6 Å². The van der Waals surface area contributed by atoms with E-state index in [-0.39, 0.29) is 52.1 Å². The second-order valence-electron chi connectivity index (χ2n) is 10.3. The first-order chi connectivity index (χ1) is 26.7. The molecular weight excluding hydrogens is 869 g/mol. The molecule has 5 rings (SSSR count). The zero-order chi connectivity index (χ0) is 41.9. The summed E-state index contributed by atoms with van der Waals surface area (Å²) in [6.45, 7) is 6.43. The number of hydrogen-bond donors (Lipinski definition) is 0. The van der Waals surface area contributed by atoms with Crippen LogP contribution in [0.4, 0.5) is 0 Å². The van der Waals surface area contributed by atoms with Gasteiger partial charge < -0.3 is 21.9 Å². The Morgan fingerprint density at radius 2 is 0.983 bits per heavy atom. The van der Waals surface area contributed by atoms with Crippen LogP contribution in [-0.2, 0) is 81.1 Å². The van der Waals surface area contributed by atoms with Gasteiger partial charge in [-0.1, -0.05) is 97.2 Å². The number of pyridine rings is 1. The molecule has 4 aromatic rings. The van der Waals surface area contributed by atoms with Gasteiger partial charge in [-0.2, -0.15) is 9.79 Å². The van der Waals surface area contributed by atoms with Crippen molar-refractivity contribution < 1.29 is 95.5 Å². The molecule has 0 bridgehead atoms. The van der Waals surface area contributed by atoms with Crippen molar-refractivity contribution in [1.82, 2.24) is 9.79 Å². The van der Waals surface area contributed by atoms with E-state index in [0.717, 1.165) is 31.3 Å². The molecule has 1 radical (unpaired) electrons. The molecule has 0 amide bonds. The van der Waals surface area contributed by atoms with Gasteiger partial charge in [0, 0.05) is 79.2 Å². The number of rotatable bonds is 5. The first-order valence-electron chi connectivity index (χ1n) is 16.1. The molecule has 0 unspecified atom stereocenters. The number of aldehydes is 1. The minimum absolute atomic E-state index is 0. The normalized spacial score (nSPS) is 10.1. The van der Waals surface area contributed by atoms with E-state index in [0.29, 0.717) is 27.2 Å². The van der Waals surface area contributed by atoms with Gasteiger partial charge in [-0.15, -0.1) is 0 Å². The van der Waals surface area contributed by atoms with Gasteiger partial charge >= 0.3 is 35.8 Å². The van der Waals surface area contributed by atoms with Crippen LogP contribution in [0.25, 0.3) is 5.57 Å². The Labute approximate surface area is 371 Å². The number of hydrogen-bond acceptors (Lipinski definition) is 15. The van der Waals surface area contributed by atoms with Gasteiger partial charge in [0.05, 0.1) is 11.1 Å². The molecule has 0 aliphatic carbocycles. The molecule has 18 heteroatoms. The number of benzene rings is 3. The van der Waals surface area contributed by atoms with Gasteiger partial charge in [-0.3, -0.25) is 0 Å². The van der Waals surface area contributed by atoms with E-state index in [2.05, 4.69) is 19.6 Å². The van der Waals surface area contributed by atoms with Crippen LogP contribution in [0, 0.1) is 12.1 Å². The standard InChI is InChI=1S/C12H11NO2S.2C9H8O4.C7H7NO2S.C2H4O.CH3.Y/c1-9(14)15-13-8-11(7-12(13)16)10-5-3-2-4-6-10;2*1-7(10)12-13-9(11)8-5-3-2-4-6-8;1-6(9)10-8-5-3-2-4-7(8)11;1-2-3;;/h2-6,8H,7H2,1H3;2*2-6H,1H3;2-5H,1H3;2H,1H3;1H3;/q;;;;;-1;. The number of carbonyl (C=O) groups is 7. The third kappa shape index (κ3) is 24.0. The summed E-state index contributed by atoms with van der Waals surface area (Å²) >= 11 is 9.99. The zero-order valence-corrected chi connectivity index (χ0v) is 36.9. The fourth-order valence-electron chi connectivity index (χ4n) is 3.61. The summed E-state index contributed by atoms with van der Waals surface area (Å²) in [7, 11) is 0. The second-order valence-corrected chi connectivity index (χ2v) is 11.2. The second kappa shape index (κ2) is 31.4. The quantitative estimate of drug-likeness (QED) is 0.0654. The molecule has 0 atom stereocenters. The van der Waals surface area contributed by atoms with E-state index in [4.69, 9.17) is 38.9 Å². The predicted molar refractivity (Wildman–Crippen MR) is 213 cm³/mol. The summed E-state index contributed by atoms with van der Waals surface area (Å²) in [5.74, 6) is -3.44. The summed E-state index contributed by atoms with van der Waals surface area (Å²) in [4.78, 5) is 99.6. The summed E-state index contributed by atoms with van der Waals surface area (Å²) in [6.07, 6.45) is 4.73. The van der Waals surface area contributed by atoms with Crippen molar-refractivity contribution in [3.05, 3.63) is 150 Å². The third-order valence-corrected chi connectivity index (χ3v) is 6.38. The first kappa shape index (κ1) is 54.4. The Bertz CT molecular complexity index is 1950. The van der Waals surface area contributed by atoms with Crippen LogP contribution in [-0.4, -0.2) is 56.9 Å². The maximum atomic E-state index is 11.0. The third-order valence-electron chi connectivity index (χ3n) is 5.74. The van der Waals surface area contributed by atoms with Gasteiger partial charge in [-0.05, 0) is 54.5 Å².